The zero-order valence-electron chi connectivity index (χ0n) is 38.2. The van der Waals surface area contributed by atoms with Gasteiger partial charge in [0.2, 0.25) is 0 Å². The van der Waals surface area contributed by atoms with Gasteiger partial charge in [0.05, 0.1) is 29.3 Å². The van der Waals surface area contributed by atoms with E-state index in [1.165, 1.54) is 31.2 Å². The first kappa shape index (κ1) is 42.3. The maximum absolute atomic E-state index is 15.9. The number of hydrogen-bond acceptors (Lipinski definition) is 11. The van der Waals surface area contributed by atoms with E-state index in [0.29, 0.717) is 49.5 Å². The van der Waals surface area contributed by atoms with Crippen LogP contribution in [-0.4, -0.2) is 78.2 Å². The summed E-state index contributed by atoms with van der Waals surface area (Å²) in [4.78, 5) is 44.9. The second-order valence-electron chi connectivity index (χ2n) is 23.4. The lowest BCUT2D eigenvalue weighted by Crippen LogP contribution is -2.80. The normalized spacial score (nSPS) is 46.3. The van der Waals surface area contributed by atoms with E-state index in [1.54, 1.807) is 6.26 Å². The lowest BCUT2D eigenvalue weighted by Gasteiger charge is -2.70. The van der Waals surface area contributed by atoms with Gasteiger partial charge >= 0.3 is 11.9 Å². The first-order valence-corrected chi connectivity index (χ1v) is 25.4. The average molecular weight is 879 g/mol. The molecule has 5 aliphatic heterocycles. The van der Waals surface area contributed by atoms with E-state index >= 15 is 4.79 Å². The molecule has 11 nitrogen and oxygen atoms in total. The third kappa shape index (κ3) is 5.59. The van der Waals surface area contributed by atoms with Gasteiger partial charge in [-0.25, -0.2) is 4.79 Å². The summed E-state index contributed by atoms with van der Waals surface area (Å²) in [6.07, 6.45) is 13.8. The Hall–Kier alpha value is -3.09. The molecule has 346 valence electrons. The van der Waals surface area contributed by atoms with Crippen molar-refractivity contribution in [1.82, 2.24) is 10.6 Å². The second kappa shape index (κ2) is 15.0. The number of carbonyl (C=O) groups excluding carboxylic acids is 3. The molecule has 5 saturated carbocycles. The van der Waals surface area contributed by atoms with Gasteiger partial charge in [-0.2, -0.15) is 0 Å². The van der Waals surface area contributed by atoms with Gasteiger partial charge in [0.25, 0.3) is 0 Å². The van der Waals surface area contributed by atoms with Crippen molar-refractivity contribution in [2.45, 2.75) is 172 Å². The Morgan fingerprint density at radius 3 is 2.41 bits per heavy atom. The van der Waals surface area contributed by atoms with Gasteiger partial charge < -0.3 is 39.1 Å². The molecule has 5 aliphatic carbocycles. The smallest absolute Gasteiger partial charge is 0.339 e. The number of epoxide rings is 1. The number of aliphatic hydroxyl groups is 1. The maximum Gasteiger partial charge on any atom is 0.339 e. The monoisotopic (exact) mass is 879 g/mol. The summed E-state index contributed by atoms with van der Waals surface area (Å²) < 4.78 is 33.9. The molecule has 5 saturated heterocycles. The van der Waals surface area contributed by atoms with Crippen LogP contribution in [-0.2, 0) is 46.2 Å². The van der Waals surface area contributed by atoms with Crippen LogP contribution in [0.1, 0.15) is 140 Å². The number of rotatable bonds is 8. The number of cyclic esters (lactones) is 2. The molecule has 13 atom stereocenters. The number of furan rings is 1. The van der Waals surface area contributed by atoms with Crippen molar-refractivity contribution in [3.8, 4) is 0 Å². The Kier molecular flexibility index (Phi) is 9.88. The highest BCUT2D eigenvalue weighted by Crippen LogP contribution is 2.83. The predicted octanol–water partition coefficient (Wildman–Crippen LogP) is 7.57. The van der Waals surface area contributed by atoms with E-state index in [4.69, 9.17) is 23.4 Å². The van der Waals surface area contributed by atoms with Crippen LogP contribution in [0.25, 0.3) is 0 Å². The van der Waals surface area contributed by atoms with Gasteiger partial charge in [0.15, 0.2) is 11.9 Å². The number of fused-ring (bicyclic) bond motifs is 2. The summed E-state index contributed by atoms with van der Waals surface area (Å²) in [5, 5.41) is 20.7. The summed E-state index contributed by atoms with van der Waals surface area (Å²) >= 11 is 0. The van der Waals surface area contributed by atoms with Gasteiger partial charge in [0.1, 0.15) is 30.2 Å². The molecule has 12 rings (SSSR count). The standard InChI is InChI=1S/C53H70N2O9/c1-48(2)41-40(56)42(57)52(35-13-9-12-33(27-35)26-32-10-5-4-6-11-32)39(51(41)29-61-47(59)50(46(51)64-48)22-7-8-23-50)20-24-49(3)43(62-45(58)44-53(49,52)63-44)36-21-25-60-38(36)19-16-31-14-17-34(18-15-31)37-28-54-30-55-37/h4-6,10-11,21,25,31,33-35,37,39,41-44,46,54-55,57H,7-9,12-20,22-24,26-30H2,1-3H3. The van der Waals surface area contributed by atoms with E-state index in [-0.39, 0.29) is 30.2 Å². The Morgan fingerprint density at radius 1 is 0.844 bits per heavy atom. The Morgan fingerprint density at radius 2 is 1.64 bits per heavy atom. The van der Waals surface area contributed by atoms with Gasteiger partial charge in [-0.1, -0.05) is 75.8 Å². The van der Waals surface area contributed by atoms with Crippen molar-refractivity contribution in [2.75, 3.05) is 19.8 Å². The molecule has 0 amide bonds. The molecule has 3 N–H and O–H groups in total. The molecule has 0 radical (unpaired) electrons. The highest BCUT2D eigenvalue weighted by atomic mass is 16.7. The molecule has 6 heterocycles. The van der Waals surface area contributed by atoms with E-state index in [1.807, 2.05) is 19.9 Å². The van der Waals surface area contributed by atoms with Crippen LogP contribution in [0.2, 0.25) is 0 Å². The van der Waals surface area contributed by atoms with Crippen LogP contribution < -0.4 is 10.6 Å². The fourth-order valence-electron chi connectivity index (χ4n) is 17.9. The molecule has 10 fully saturated rings. The summed E-state index contributed by atoms with van der Waals surface area (Å²) in [7, 11) is 0. The zero-order valence-corrected chi connectivity index (χ0v) is 38.2. The Bertz CT molecular complexity index is 2150. The summed E-state index contributed by atoms with van der Waals surface area (Å²) in [6.45, 7) is 8.24. The second-order valence-corrected chi connectivity index (χ2v) is 23.4. The van der Waals surface area contributed by atoms with Gasteiger partial charge in [-0.05, 0) is 119 Å². The minimum absolute atomic E-state index is 0.0740. The molecular formula is C53H70N2O9. The molecule has 64 heavy (non-hydrogen) atoms. The Balaban J connectivity index is 0.953. The molecule has 3 spiro atoms. The number of aryl methyl sites for hydroxylation is 1. The largest absolute Gasteiger partial charge is 0.469 e. The first-order valence-electron chi connectivity index (χ1n) is 25.4. The van der Waals surface area contributed by atoms with E-state index in [0.717, 1.165) is 82.3 Å². The van der Waals surface area contributed by atoms with Crippen LogP contribution in [0.3, 0.4) is 0 Å². The number of Topliss-reactive ketones (excluding diaryl/α,β-unsaturated/α-hetero) is 1. The topological polar surface area (TPSA) is 149 Å². The average Bonchev–Trinajstić information content (AvgIpc) is 3.80. The molecule has 0 bridgehead atoms. The molecule has 1 aromatic carbocycles. The molecule has 11 heteroatoms. The molecule has 1 aromatic heterocycles. The maximum atomic E-state index is 15.9. The highest BCUT2D eigenvalue weighted by Gasteiger charge is 2.93. The number of ether oxygens (including phenoxy) is 4. The van der Waals surface area contributed by atoms with E-state index in [2.05, 4.69) is 47.9 Å². The Labute approximate surface area is 378 Å². The fraction of sp³-hybridized carbons (Fsp3) is 0.755. The third-order valence-electron chi connectivity index (χ3n) is 20.3. The number of benzene rings is 1. The molecular weight excluding hydrogens is 809 g/mol. The number of esters is 2. The lowest BCUT2D eigenvalue weighted by molar-refractivity contribution is -0.285. The van der Waals surface area contributed by atoms with Gasteiger partial charge in [-0.15, -0.1) is 0 Å². The number of ketones is 1. The van der Waals surface area contributed by atoms with Gasteiger partial charge in [0, 0.05) is 47.5 Å². The predicted molar refractivity (Wildman–Crippen MR) is 235 cm³/mol. The van der Waals surface area contributed by atoms with Crippen molar-refractivity contribution < 1.29 is 42.9 Å². The van der Waals surface area contributed by atoms with Crippen LogP contribution in [0.4, 0.5) is 0 Å². The minimum Gasteiger partial charge on any atom is -0.469 e. The lowest BCUT2D eigenvalue weighted by atomic mass is 9.32. The number of aliphatic hydroxyl groups excluding tert-OH is 1. The third-order valence-corrected chi connectivity index (χ3v) is 20.3. The van der Waals surface area contributed by atoms with E-state index in [9.17, 15) is 14.7 Å². The van der Waals surface area contributed by atoms with Crippen molar-refractivity contribution in [3.63, 3.8) is 0 Å². The zero-order chi connectivity index (χ0) is 43.9. The first-order chi connectivity index (χ1) is 30.9. The van der Waals surface area contributed by atoms with Crippen LogP contribution in [0.5, 0.6) is 0 Å². The number of nitrogens with one attached hydrogen (secondary N) is 2. The van der Waals surface area contributed by atoms with Crippen molar-refractivity contribution >= 4 is 17.7 Å². The van der Waals surface area contributed by atoms with E-state index < -0.39 is 69.2 Å². The molecule has 10 aliphatic rings. The number of carbonyl (C=O) groups is 3. The van der Waals surface area contributed by atoms with Crippen LogP contribution in [0.15, 0.2) is 47.1 Å². The summed E-state index contributed by atoms with van der Waals surface area (Å²) in [5.41, 5.74) is -3.66. The highest BCUT2D eigenvalue weighted by molar-refractivity contribution is 5.93. The summed E-state index contributed by atoms with van der Waals surface area (Å²) in [6, 6.07) is 13.2. The van der Waals surface area contributed by atoms with Crippen LogP contribution in [0, 0.1) is 57.2 Å². The summed E-state index contributed by atoms with van der Waals surface area (Å²) in [5.74, 6) is 0.525. The quantitative estimate of drug-likeness (QED) is 0.178. The molecule has 13 unspecified atom stereocenters. The fourth-order valence-corrected chi connectivity index (χ4v) is 17.9. The SMILES string of the molecule is CC1(C)OC2C3(CCCC3)C(=O)OCC23C1C(=O)C(O)C1(C2CCCC(Cc4ccccc4)C2)C3CCC2(C)C(c3ccoc3CCC3CCC(C4CNCN4)CC3)OC(=O)C3OC321. The number of hydrogen-bond donors (Lipinski definition) is 3. The van der Waals surface area contributed by atoms with Crippen LogP contribution >= 0.6 is 0 Å². The van der Waals surface area contributed by atoms with Gasteiger partial charge in [-0.3, -0.25) is 9.59 Å². The van der Waals surface area contributed by atoms with Crippen molar-refractivity contribution in [1.29, 1.82) is 0 Å². The van der Waals surface area contributed by atoms with Crippen molar-refractivity contribution in [3.05, 3.63) is 59.5 Å². The minimum atomic E-state index is -1.40. The molecule has 2 aromatic rings. The van der Waals surface area contributed by atoms with Crippen molar-refractivity contribution in [2.24, 2.45) is 57.2 Å².